The van der Waals surface area contributed by atoms with Crippen molar-refractivity contribution in [2.24, 2.45) is 5.16 Å². The fourth-order valence-corrected chi connectivity index (χ4v) is 3.36. The molecule has 0 amide bonds. The molecule has 0 atom stereocenters. The lowest BCUT2D eigenvalue weighted by Gasteiger charge is -2.19. The Hall–Kier alpha value is -3.35. The maximum Gasteiger partial charge on any atom is 0.148 e. The van der Waals surface area contributed by atoms with Crippen LogP contribution in [0.2, 0.25) is 0 Å². The average Bonchev–Trinajstić information content (AvgIpc) is 3.53. The molecule has 0 unspecified atom stereocenters. The molecule has 1 fully saturated rings. The Balaban J connectivity index is 1.73. The lowest BCUT2D eigenvalue weighted by Crippen LogP contribution is -2.37. The van der Waals surface area contributed by atoms with Crippen LogP contribution in [-0.4, -0.2) is 32.9 Å². The minimum atomic E-state index is -0.416. The van der Waals surface area contributed by atoms with Crippen LogP contribution in [0.15, 0.2) is 53.8 Å². The van der Waals surface area contributed by atoms with E-state index in [1.165, 1.54) is 4.68 Å². The largest absolute Gasteiger partial charge is 0.396 e. The number of hydrogen-bond acceptors (Lipinski definition) is 6. The molecule has 0 bridgehead atoms. The highest BCUT2D eigenvalue weighted by atomic mass is 16.6. The van der Waals surface area contributed by atoms with E-state index in [4.69, 9.17) is 15.7 Å². The summed E-state index contributed by atoms with van der Waals surface area (Å²) in [6.45, 7) is 4.14. The van der Waals surface area contributed by atoms with Gasteiger partial charge in [0.2, 0.25) is 0 Å². The molecule has 2 aromatic heterocycles. The second-order valence-electron chi connectivity index (χ2n) is 6.95. The van der Waals surface area contributed by atoms with Gasteiger partial charge in [-0.2, -0.15) is 5.10 Å². The minimum absolute atomic E-state index is 0.173. The molecule has 2 heterocycles. The van der Waals surface area contributed by atoms with E-state index >= 15 is 0 Å². The van der Waals surface area contributed by atoms with Gasteiger partial charge in [-0.1, -0.05) is 17.3 Å². The molecular weight excluding hydrogens is 352 g/mol. The van der Waals surface area contributed by atoms with Gasteiger partial charge in [0.25, 0.3) is 0 Å². The molecule has 1 aliphatic rings. The van der Waals surface area contributed by atoms with Crippen LogP contribution < -0.4 is 5.49 Å². The van der Waals surface area contributed by atoms with Crippen molar-refractivity contribution in [1.82, 2.24) is 14.8 Å². The third-order valence-electron chi connectivity index (χ3n) is 5.11. The standard InChI is InChI=1S/C21H22N6O/c1-3-28-26-14(2)17-8-9-19(22)27(25-17)20(23)21(10-11-21)16-6-7-18-15(13-16)5-4-12-24-18/h4-9,12-13,22-23H,3,10-11H2,1-2H3. The van der Waals surface area contributed by atoms with Crippen LogP contribution in [0.5, 0.6) is 0 Å². The fourth-order valence-electron chi connectivity index (χ4n) is 3.36. The van der Waals surface area contributed by atoms with Crippen molar-refractivity contribution >= 4 is 22.5 Å². The van der Waals surface area contributed by atoms with Crippen molar-refractivity contribution in [2.45, 2.75) is 32.1 Å². The van der Waals surface area contributed by atoms with E-state index in [-0.39, 0.29) is 5.49 Å². The highest BCUT2D eigenvalue weighted by Crippen LogP contribution is 2.49. The van der Waals surface area contributed by atoms with Crippen LogP contribution in [-0.2, 0) is 10.3 Å². The molecule has 7 nitrogen and oxygen atoms in total. The SMILES string of the molecule is CCON=C(C)c1ccc(=N)n(C(=N)C2(c3ccc4ncccc4c3)CC2)n1. The van der Waals surface area contributed by atoms with E-state index in [1.54, 1.807) is 25.3 Å². The molecule has 7 heteroatoms. The van der Waals surface area contributed by atoms with Crippen molar-refractivity contribution in [3.05, 3.63) is 65.4 Å². The molecule has 0 radical (unpaired) electrons. The number of nitrogens with one attached hydrogen (secondary N) is 2. The maximum atomic E-state index is 8.85. The predicted molar refractivity (Wildman–Crippen MR) is 108 cm³/mol. The summed E-state index contributed by atoms with van der Waals surface area (Å²) in [5.41, 5.74) is 2.97. The normalized spacial score (nSPS) is 15.4. The van der Waals surface area contributed by atoms with E-state index in [0.29, 0.717) is 23.8 Å². The fraction of sp³-hybridized carbons (Fsp3) is 0.286. The monoisotopic (exact) mass is 374 g/mol. The van der Waals surface area contributed by atoms with E-state index in [0.717, 1.165) is 29.3 Å². The van der Waals surface area contributed by atoms with Gasteiger partial charge in [-0.25, -0.2) is 4.68 Å². The third-order valence-corrected chi connectivity index (χ3v) is 5.11. The quantitative estimate of drug-likeness (QED) is 0.407. The molecule has 142 valence electrons. The Morgan fingerprint density at radius 3 is 2.82 bits per heavy atom. The molecule has 1 aliphatic carbocycles. The highest BCUT2D eigenvalue weighted by molar-refractivity contribution is 5.98. The van der Waals surface area contributed by atoms with Crippen LogP contribution in [0, 0.1) is 10.8 Å². The van der Waals surface area contributed by atoms with Gasteiger partial charge in [-0.05, 0) is 62.6 Å². The Labute approximate surface area is 162 Å². The topological polar surface area (TPSA) is 100 Å². The Morgan fingerprint density at radius 2 is 2.07 bits per heavy atom. The smallest absolute Gasteiger partial charge is 0.148 e. The van der Waals surface area contributed by atoms with Crippen molar-refractivity contribution in [3.8, 4) is 0 Å². The predicted octanol–water partition coefficient (Wildman–Crippen LogP) is 3.23. The number of benzene rings is 1. The van der Waals surface area contributed by atoms with Gasteiger partial charge >= 0.3 is 0 Å². The van der Waals surface area contributed by atoms with Crippen LogP contribution in [0.3, 0.4) is 0 Å². The highest BCUT2D eigenvalue weighted by Gasteiger charge is 2.50. The zero-order valence-corrected chi connectivity index (χ0v) is 15.9. The van der Waals surface area contributed by atoms with Gasteiger partial charge in [0.15, 0.2) is 0 Å². The first-order valence-electron chi connectivity index (χ1n) is 9.32. The summed E-state index contributed by atoms with van der Waals surface area (Å²) in [6, 6.07) is 13.4. The lowest BCUT2D eigenvalue weighted by atomic mass is 9.93. The number of nitrogens with zero attached hydrogens (tertiary/aromatic N) is 4. The van der Waals surface area contributed by atoms with Crippen molar-refractivity contribution < 1.29 is 4.84 Å². The van der Waals surface area contributed by atoms with E-state index < -0.39 is 5.41 Å². The van der Waals surface area contributed by atoms with Crippen LogP contribution in [0.1, 0.15) is 37.9 Å². The summed E-state index contributed by atoms with van der Waals surface area (Å²) < 4.78 is 1.40. The molecule has 3 aromatic rings. The van der Waals surface area contributed by atoms with Crippen molar-refractivity contribution in [3.63, 3.8) is 0 Å². The molecule has 0 spiro atoms. The van der Waals surface area contributed by atoms with Gasteiger partial charge < -0.3 is 4.84 Å². The summed E-state index contributed by atoms with van der Waals surface area (Å²) in [7, 11) is 0. The molecule has 2 N–H and O–H groups in total. The number of hydrogen-bond donors (Lipinski definition) is 2. The van der Waals surface area contributed by atoms with Crippen LogP contribution in [0.4, 0.5) is 0 Å². The Bertz CT molecular complexity index is 1140. The number of oxime groups is 1. The molecule has 0 aliphatic heterocycles. The van der Waals surface area contributed by atoms with Crippen molar-refractivity contribution in [1.29, 1.82) is 10.8 Å². The van der Waals surface area contributed by atoms with Gasteiger partial charge in [-0.3, -0.25) is 15.8 Å². The molecule has 4 rings (SSSR count). The van der Waals surface area contributed by atoms with E-state index in [9.17, 15) is 0 Å². The van der Waals surface area contributed by atoms with Gasteiger partial charge in [-0.15, -0.1) is 0 Å². The van der Waals surface area contributed by atoms with Crippen LogP contribution in [0.25, 0.3) is 10.9 Å². The number of fused-ring (bicyclic) bond motifs is 1. The summed E-state index contributed by atoms with van der Waals surface area (Å²) in [5.74, 6) is 0.312. The van der Waals surface area contributed by atoms with Gasteiger partial charge in [0, 0.05) is 11.6 Å². The second-order valence-corrected chi connectivity index (χ2v) is 6.95. The Kier molecular flexibility index (Phi) is 4.50. The van der Waals surface area contributed by atoms with Gasteiger partial charge in [0.05, 0.1) is 10.9 Å². The molecule has 0 saturated heterocycles. The molecule has 28 heavy (non-hydrogen) atoms. The summed E-state index contributed by atoms with van der Waals surface area (Å²) >= 11 is 0. The zero-order valence-electron chi connectivity index (χ0n) is 15.9. The molecular formula is C21H22N6O. The second kappa shape index (κ2) is 6.99. The van der Waals surface area contributed by atoms with E-state index in [2.05, 4.69) is 21.3 Å². The molecule has 1 saturated carbocycles. The first-order valence-corrected chi connectivity index (χ1v) is 9.32. The van der Waals surface area contributed by atoms with E-state index in [1.807, 2.05) is 31.2 Å². The third kappa shape index (κ3) is 3.09. The summed E-state index contributed by atoms with van der Waals surface area (Å²) in [4.78, 5) is 9.47. The summed E-state index contributed by atoms with van der Waals surface area (Å²) in [5, 5.41) is 26.7. The average molecular weight is 374 g/mol. The number of rotatable bonds is 5. The minimum Gasteiger partial charge on any atom is -0.396 e. The van der Waals surface area contributed by atoms with Crippen molar-refractivity contribution in [2.75, 3.05) is 6.61 Å². The van der Waals surface area contributed by atoms with Crippen LogP contribution >= 0.6 is 0 Å². The number of aromatic nitrogens is 3. The van der Waals surface area contributed by atoms with Gasteiger partial charge in [0.1, 0.15) is 29.3 Å². The first kappa shape index (κ1) is 18.0. The first-order chi connectivity index (χ1) is 13.5. The maximum absolute atomic E-state index is 8.85. The summed E-state index contributed by atoms with van der Waals surface area (Å²) in [6.07, 6.45) is 3.50. The Morgan fingerprint density at radius 1 is 1.25 bits per heavy atom. The zero-order chi connectivity index (χ0) is 19.7. The number of pyridine rings is 1. The lowest BCUT2D eigenvalue weighted by molar-refractivity contribution is 0.159. The molecule has 1 aromatic carbocycles.